The molecule has 3 rings (SSSR count). The maximum absolute atomic E-state index is 12.9. The second-order valence-corrected chi connectivity index (χ2v) is 9.39. The van der Waals surface area contributed by atoms with Crippen molar-refractivity contribution in [1.82, 2.24) is 5.32 Å². The van der Waals surface area contributed by atoms with Crippen LogP contribution in [0.1, 0.15) is 31.7 Å². The van der Waals surface area contributed by atoms with Crippen LogP contribution < -0.4 is 14.8 Å². The van der Waals surface area contributed by atoms with Crippen LogP contribution >= 0.6 is 0 Å². The highest BCUT2D eigenvalue weighted by Gasteiger charge is 2.43. The average Bonchev–Trinajstić information content (AvgIpc) is 2.97. The average molecular weight is 570 g/mol. The van der Waals surface area contributed by atoms with Gasteiger partial charge in [-0.3, -0.25) is 19.9 Å². The fourth-order valence-electron chi connectivity index (χ4n) is 4.62. The lowest BCUT2D eigenvalue weighted by Crippen LogP contribution is -2.36. The predicted octanol–water partition coefficient (Wildman–Crippen LogP) is 3.19. The molecule has 0 saturated carbocycles. The number of esters is 2. The Morgan fingerprint density at radius 1 is 1.10 bits per heavy atom. The lowest BCUT2D eigenvalue weighted by atomic mass is 9.75. The van der Waals surface area contributed by atoms with Gasteiger partial charge >= 0.3 is 11.9 Å². The molecule has 3 unspecified atom stereocenters. The van der Waals surface area contributed by atoms with Gasteiger partial charge in [0.05, 0.1) is 31.3 Å². The molecule has 220 valence electrons. The number of aliphatic imine (C=N–C) groups is 1. The van der Waals surface area contributed by atoms with E-state index in [0.29, 0.717) is 36.7 Å². The van der Waals surface area contributed by atoms with Crippen molar-refractivity contribution in [1.29, 1.82) is 0 Å². The number of allylic oxidation sites excluding steroid dienone is 1. The largest absolute Gasteiger partial charge is 0.493 e. The highest BCUT2D eigenvalue weighted by Crippen LogP contribution is 2.44. The Morgan fingerprint density at radius 3 is 2.49 bits per heavy atom. The number of non-ortho nitro benzene ring substituents is 1. The van der Waals surface area contributed by atoms with Gasteiger partial charge < -0.3 is 29.4 Å². The quantitative estimate of drug-likeness (QED) is 0.150. The molecule has 12 nitrogen and oxygen atoms in total. The summed E-state index contributed by atoms with van der Waals surface area (Å²) in [5, 5.41) is 24.9. The topological polar surface area (TPSA) is 159 Å². The van der Waals surface area contributed by atoms with Gasteiger partial charge in [-0.05, 0) is 45.0 Å². The molecule has 3 atom stereocenters. The van der Waals surface area contributed by atoms with Gasteiger partial charge in [0.25, 0.3) is 5.69 Å². The maximum Gasteiger partial charge on any atom is 0.336 e. The summed E-state index contributed by atoms with van der Waals surface area (Å²) in [6.07, 6.45) is -0.178. The number of carbonyl (C=O) groups is 2. The molecular formula is C29H35N3O9. The van der Waals surface area contributed by atoms with Crippen molar-refractivity contribution in [3.05, 3.63) is 75.5 Å². The number of nitro benzene ring substituents is 1. The van der Waals surface area contributed by atoms with Crippen LogP contribution in [0.15, 0.2) is 64.8 Å². The molecule has 0 spiro atoms. The number of hydrogen-bond acceptors (Lipinski definition) is 11. The summed E-state index contributed by atoms with van der Waals surface area (Å²) in [6.45, 7) is 4.42. The number of methoxy groups -OCH3 is 2. The number of nitrogens with one attached hydrogen (secondary N) is 1. The predicted molar refractivity (Wildman–Crippen MR) is 150 cm³/mol. The minimum Gasteiger partial charge on any atom is -0.493 e. The number of para-hydroxylation sites is 1. The molecule has 0 radical (unpaired) electrons. The summed E-state index contributed by atoms with van der Waals surface area (Å²) in [6, 6.07) is 13.2. The van der Waals surface area contributed by atoms with Crippen LogP contribution in [0.25, 0.3) is 0 Å². The lowest BCUT2D eigenvalue weighted by molar-refractivity contribution is -0.385. The molecule has 2 aromatic rings. The van der Waals surface area contributed by atoms with E-state index in [2.05, 4.69) is 10.3 Å². The number of aliphatic hydroxyl groups excluding tert-OH is 1. The Morgan fingerprint density at radius 2 is 1.83 bits per heavy atom. The molecule has 2 aromatic carbocycles. The fraction of sp³-hybridized carbons (Fsp3) is 0.414. The zero-order chi connectivity index (χ0) is 29.9. The van der Waals surface area contributed by atoms with Crippen LogP contribution in [0.4, 0.5) is 5.69 Å². The molecule has 0 aliphatic carbocycles. The summed E-state index contributed by atoms with van der Waals surface area (Å²) in [5.41, 5.74) is 0.850. The Bertz CT molecular complexity index is 1290. The van der Waals surface area contributed by atoms with E-state index in [1.807, 2.05) is 30.3 Å². The number of rotatable bonds is 14. The zero-order valence-corrected chi connectivity index (χ0v) is 23.5. The first kappa shape index (κ1) is 31.2. The molecule has 41 heavy (non-hydrogen) atoms. The molecule has 0 bridgehead atoms. The number of ether oxygens (including phenoxy) is 4. The van der Waals surface area contributed by atoms with Gasteiger partial charge in [0.2, 0.25) is 0 Å². The van der Waals surface area contributed by atoms with Crippen molar-refractivity contribution in [2.75, 3.05) is 40.5 Å². The highest BCUT2D eigenvalue weighted by atomic mass is 16.6. The second kappa shape index (κ2) is 14.9. The summed E-state index contributed by atoms with van der Waals surface area (Å²) in [5.74, 6) is -2.43. The number of nitro groups is 1. The van der Waals surface area contributed by atoms with Crippen LogP contribution in [0, 0.1) is 16.0 Å². The smallest absolute Gasteiger partial charge is 0.336 e. The Balaban J connectivity index is 1.73. The van der Waals surface area contributed by atoms with E-state index in [9.17, 15) is 24.8 Å². The van der Waals surface area contributed by atoms with Gasteiger partial charge in [-0.15, -0.1) is 0 Å². The van der Waals surface area contributed by atoms with Crippen molar-refractivity contribution in [3.63, 3.8) is 0 Å². The highest BCUT2D eigenvalue weighted by molar-refractivity contribution is 6.07. The number of nitrogens with zero attached hydrogens (tertiary/aromatic N) is 2. The van der Waals surface area contributed by atoms with Crippen LogP contribution in [-0.2, 0) is 19.1 Å². The van der Waals surface area contributed by atoms with E-state index in [-0.39, 0.29) is 35.8 Å². The molecular weight excluding hydrogens is 534 g/mol. The van der Waals surface area contributed by atoms with E-state index in [1.165, 1.54) is 32.4 Å². The van der Waals surface area contributed by atoms with Crippen molar-refractivity contribution in [2.45, 2.75) is 32.3 Å². The summed E-state index contributed by atoms with van der Waals surface area (Å²) in [7, 11) is 2.43. The van der Waals surface area contributed by atoms with Crippen LogP contribution in [0.3, 0.4) is 0 Å². The van der Waals surface area contributed by atoms with Gasteiger partial charge in [-0.1, -0.05) is 18.2 Å². The van der Waals surface area contributed by atoms with Crippen molar-refractivity contribution < 1.29 is 38.6 Å². The molecule has 1 heterocycles. The first-order valence-corrected chi connectivity index (χ1v) is 13.1. The van der Waals surface area contributed by atoms with E-state index < -0.39 is 34.8 Å². The molecule has 0 amide bonds. The van der Waals surface area contributed by atoms with Gasteiger partial charge in [0, 0.05) is 41.6 Å². The number of carbonyl (C=O) groups excluding carboxylic acids is 2. The van der Waals surface area contributed by atoms with Gasteiger partial charge in [0.1, 0.15) is 30.1 Å². The normalized spacial score (nSPS) is 17.3. The monoisotopic (exact) mass is 569 g/mol. The van der Waals surface area contributed by atoms with Gasteiger partial charge in [0.15, 0.2) is 0 Å². The first-order chi connectivity index (χ1) is 19.7. The first-order valence-electron chi connectivity index (χ1n) is 13.1. The van der Waals surface area contributed by atoms with Crippen LogP contribution in [-0.4, -0.2) is 74.3 Å². The van der Waals surface area contributed by atoms with E-state index in [4.69, 9.17) is 18.9 Å². The minimum atomic E-state index is -1.02. The molecule has 1 aliphatic heterocycles. The Kier molecular flexibility index (Phi) is 11.4. The number of hydrogen-bond donors (Lipinski definition) is 2. The summed E-state index contributed by atoms with van der Waals surface area (Å²) < 4.78 is 21.5. The number of benzene rings is 2. The molecule has 0 fully saturated rings. The molecule has 2 N–H and O–H groups in total. The minimum absolute atomic E-state index is 0.0900. The zero-order valence-electron chi connectivity index (χ0n) is 23.5. The van der Waals surface area contributed by atoms with Gasteiger partial charge in [-0.25, -0.2) is 4.79 Å². The van der Waals surface area contributed by atoms with Crippen molar-refractivity contribution in [3.8, 4) is 11.5 Å². The van der Waals surface area contributed by atoms with E-state index in [1.54, 1.807) is 13.8 Å². The fourth-order valence-corrected chi connectivity index (χ4v) is 4.62. The van der Waals surface area contributed by atoms with Crippen LogP contribution in [0.5, 0.6) is 11.5 Å². The standard InChI is InChI=1S/C29H35N3O9/c1-18-25(28(34)38-3)27(26(19(2)31-18)29(35)39-4)23-15-20(32(36)37)11-12-24(23)40-14-8-13-30-16-21(33)17-41-22-9-6-5-7-10-22/h5-7,9-12,15,21,25,27,30,33H,8,13-14,16-17H2,1-4H3. The third kappa shape index (κ3) is 8.12. The Labute approximate surface area is 238 Å². The second-order valence-electron chi connectivity index (χ2n) is 9.39. The molecule has 0 saturated heterocycles. The third-order valence-corrected chi connectivity index (χ3v) is 6.55. The van der Waals surface area contributed by atoms with E-state index in [0.717, 1.165) is 0 Å². The van der Waals surface area contributed by atoms with Crippen molar-refractivity contribution >= 4 is 23.3 Å². The van der Waals surface area contributed by atoms with Crippen molar-refractivity contribution in [2.24, 2.45) is 10.9 Å². The molecule has 1 aliphatic rings. The van der Waals surface area contributed by atoms with Crippen LogP contribution in [0.2, 0.25) is 0 Å². The lowest BCUT2D eigenvalue weighted by Gasteiger charge is -2.31. The van der Waals surface area contributed by atoms with Gasteiger partial charge in [-0.2, -0.15) is 0 Å². The molecule has 0 aromatic heterocycles. The molecule has 12 heteroatoms. The summed E-state index contributed by atoms with van der Waals surface area (Å²) >= 11 is 0. The third-order valence-electron chi connectivity index (χ3n) is 6.55. The summed E-state index contributed by atoms with van der Waals surface area (Å²) in [4.78, 5) is 41.2. The maximum atomic E-state index is 12.9. The van der Waals surface area contributed by atoms with E-state index >= 15 is 0 Å². The SMILES string of the molecule is COC(=O)C1=C(C)N=C(C)C(C(=O)OC)C1c1cc([N+](=O)[O-])ccc1OCCCNCC(O)COc1ccccc1. The number of aliphatic hydroxyl groups is 1. The Hall–Kier alpha value is -4.29.